The van der Waals surface area contributed by atoms with Crippen molar-refractivity contribution in [2.75, 3.05) is 19.0 Å². The summed E-state index contributed by atoms with van der Waals surface area (Å²) in [6.07, 6.45) is -0.519. The van der Waals surface area contributed by atoms with Crippen molar-refractivity contribution < 1.29 is 23.9 Å². The maximum Gasteiger partial charge on any atom is 0.407 e. The molecule has 0 saturated heterocycles. The molecule has 1 aromatic rings. The maximum absolute atomic E-state index is 11.8. The fraction of sp³-hybridized carbons (Fsp3) is 0.571. The van der Waals surface area contributed by atoms with Crippen LogP contribution in [0, 0.1) is 6.92 Å². The Balaban J connectivity index is 2.43. The summed E-state index contributed by atoms with van der Waals surface area (Å²) in [5.74, 6) is -0.821. The molecule has 0 unspecified atom stereocenters. The lowest BCUT2D eigenvalue weighted by Gasteiger charge is -2.19. The van der Waals surface area contributed by atoms with Crippen molar-refractivity contribution in [3.8, 4) is 0 Å². The minimum absolute atomic E-state index is 0.0609. The second kappa shape index (κ2) is 7.91. The van der Waals surface area contributed by atoms with Crippen LogP contribution < -0.4 is 10.6 Å². The zero-order valence-electron chi connectivity index (χ0n) is 13.8. The Kier molecular flexibility index (Phi) is 6.49. The molecular formula is C14H21N3O5S. The summed E-state index contributed by atoms with van der Waals surface area (Å²) in [7, 11) is 1.28. The number of carbonyl (C=O) groups is 3. The molecule has 2 amide bonds. The maximum atomic E-state index is 11.8. The number of hydrogen-bond acceptors (Lipinski definition) is 7. The number of amides is 2. The topological polar surface area (TPSA) is 107 Å². The molecule has 0 atom stereocenters. The number of aryl methyl sites for hydroxylation is 1. The zero-order valence-corrected chi connectivity index (χ0v) is 14.6. The first-order chi connectivity index (χ1) is 10.6. The fourth-order valence-corrected chi connectivity index (χ4v) is 2.41. The standard InChI is InChI=1S/C14H21N3O5S/c1-8-10(11(19)21-5)23-12(16-8)17-9(18)6-7-15-13(20)22-14(2,3)4/h6-7H2,1-5H3,(H,15,20)(H,16,17,18). The molecular weight excluding hydrogens is 322 g/mol. The van der Waals surface area contributed by atoms with Gasteiger partial charge < -0.3 is 20.1 Å². The van der Waals surface area contributed by atoms with Crippen LogP contribution in [0.4, 0.5) is 9.93 Å². The van der Waals surface area contributed by atoms with Gasteiger partial charge in [-0.25, -0.2) is 14.6 Å². The van der Waals surface area contributed by atoms with Crippen molar-refractivity contribution in [2.24, 2.45) is 0 Å². The Labute approximate surface area is 138 Å². The van der Waals surface area contributed by atoms with E-state index in [1.165, 1.54) is 7.11 Å². The molecule has 23 heavy (non-hydrogen) atoms. The van der Waals surface area contributed by atoms with Gasteiger partial charge in [0.15, 0.2) is 5.13 Å². The van der Waals surface area contributed by atoms with E-state index in [-0.39, 0.29) is 18.9 Å². The minimum Gasteiger partial charge on any atom is -0.465 e. The molecule has 9 heteroatoms. The van der Waals surface area contributed by atoms with Crippen molar-refractivity contribution in [3.05, 3.63) is 10.6 Å². The van der Waals surface area contributed by atoms with Gasteiger partial charge in [-0.15, -0.1) is 0 Å². The van der Waals surface area contributed by atoms with Gasteiger partial charge in [-0.05, 0) is 27.7 Å². The minimum atomic E-state index is -0.588. The van der Waals surface area contributed by atoms with Crippen LogP contribution in [0.5, 0.6) is 0 Å². The van der Waals surface area contributed by atoms with Gasteiger partial charge in [0.05, 0.1) is 12.8 Å². The van der Waals surface area contributed by atoms with E-state index in [9.17, 15) is 14.4 Å². The molecule has 0 spiro atoms. The van der Waals surface area contributed by atoms with Crippen LogP contribution in [0.1, 0.15) is 42.6 Å². The van der Waals surface area contributed by atoms with E-state index < -0.39 is 17.7 Å². The van der Waals surface area contributed by atoms with Gasteiger partial charge in [0, 0.05) is 13.0 Å². The van der Waals surface area contributed by atoms with Crippen LogP contribution in [0.2, 0.25) is 0 Å². The fourth-order valence-electron chi connectivity index (χ4n) is 1.51. The molecule has 0 bridgehead atoms. The third-order valence-electron chi connectivity index (χ3n) is 2.43. The van der Waals surface area contributed by atoms with Crippen molar-refractivity contribution in [1.29, 1.82) is 0 Å². The van der Waals surface area contributed by atoms with Crippen molar-refractivity contribution >= 4 is 34.4 Å². The first-order valence-electron chi connectivity index (χ1n) is 6.95. The molecule has 0 fully saturated rings. The smallest absolute Gasteiger partial charge is 0.407 e. The Hall–Kier alpha value is -2.16. The number of thiazole rings is 1. The average Bonchev–Trinajstić information content (AvgIpc) is 2.76. The van der Waals surface area contributed by atoms with Crippen LogP contribution in [-0.2, 0) is 14.3 Å². The van der Waals surface area contributed by atoms with E-state index in [0.717, 1.165) is 11.3 Å². The van der Waals surface area contributed by atoms with E-state index in [4.69, 9.17) is 4.74 Å². The molecule has 0 aliphatic rings. The molecule has 1 rings (SSSR count). The van der Waals surface area contributed by atoms with E-state index >= 15 is 0 Å². The number of aromatic nitrogens is 1. The summed E-state index contributed by atoms with van der Waals surface area (Å²) < 4.78 is 9.68. The Morgan fingerprint density at radius 2 is 1.91 bits per heavy atom. The molecule has 128 valence electrons. The van der Waals surface area contributed by atoms with E-state index in [1.807, 2.05) is 0 Å². The van der Waals surface area contributed by atoms with Crippen LogP contribution >= 0.6 is 11.3 Å². The monoisotopic (exact) mass is 343 g/mol. The highest BCUT2D eigenvalue weighted by atomic mass is 32.1. The summed E-state index contributed by atoms with van der Waals surface area (Å²) in [5, 5.41) is 5.37. The molecule has 2 N–H and O–H groups in total. The first kappa shape index (κ1) is 18.9. The third-order valence-corrected chi connectivity index (χ3v) is 3.49. The summed E-state index contributed by atoms with van der Waals surface area (Å²) in [5.41, 5.74) is -0.0984. The SMILES string of the molecule is COC(=O)c1sc(NC(=O)CCNC(=O)OC(C)(C)C)nc1C. The molecule has 8 nitrogen and oxygen atoms in total. The quantitative estimate of drug-likeness (QED) is 0.793. The number of nitrogens with zero attached hydrogens (tertiary/aromatic N) is 1. The van der Waals surface area contributed by atoms with Crippen molar-refractivity contribution in [2.45, 2.75) is 39.7 Å². The predicted octanol–water partition coefficient (Wildman–Crippen LogP) is 2.09. The molecule has 1 aromatic heterocycles. The van der Waals surface area contributed by atoms with Gasteiger partial charge >= 0.3 is 12.1 Å². The Morgan fingerprint density at radius 1 is 1.26 bits per heavy atom. The van der Waals surface area contributed by atoms with Crippen LogP contribution in [-0.4, -0.2) is 42.2 Å². The molecule has 0 aliphatic carbocycles. The normalized spacial score (nSPS) is 10.8. The van der Waals surface area contributed by atoms with Crippen LogP contribution in [0.25, 0.3) is 0 Å². The lowest BCUT2D eigenvalue weighted by atomic mass is 10.2. The summed E-state index contributed by atoms with van der Waals surface area (Å²) >= 11 is 1.04. The van der Waals surface area contributed by atoms with Crippen LogP contribution in [0.15, 0.2) is 0 Å². The van der Waals surface area contributed by atoms with Gasteiger partial charge in [-0.2, -0.15) is 0 Å². The van der Waals surface area contributed by atoms with Crippen molar-refractivity contribution in [1.82, 2.24) is 10.3 Å². The van der Waals surface area contributed by atoms with Gasteiger partial charge in [0.25, 0.3) is 0 Å². The van der Waals surface area contributed by atoms with Gasteiger partial charge in [-0.1, -0.05) is 11.3 Å². The third kappa shape index (κ3) is 6.64. The molecule has 0 aliphatic heterocycles. The van der Waals surface area contributed by atoms with Crippen LogP contribution in [0.3, 0.4) is 0 Å². The number of hydrogen-bond donors (Lipinski definition) is 2. The number of rotatable bonds is 5. The van der Waals surface area contributed by atoms with E-state index in [1.54, 1.807) is 27.7 Å². The summed E-state index contributed by atoms with van der Waals surface area (Å²) in [6.45, 7) is 7.05. The van der Waals surface area contributed by atoms with Crippen molar-refractivity contribution in [3.63, 3.8) is 0 Å². The van der Waals surface area contributed by atoms with Gasteiger partial charge in [0.1, 0.15) is 10.5 Å². The first-order valence-corrected chi connectivity index (χ1v) is 7.76. The molecule has 0 radical (unpaired) electrons. The molecule has 1 heterocycles. The zero-order chi connectivity index (χ0) is 17.6. The highest BCUT2D eigenvalue weighted by molar-refractivity contribution is 7.17. The number of ether oxygens (including phenoxy) is 2. The number of anilines is 1. The van der Waals surface area contributed by atoms with E-state index in [2.05, 4.69) is 20.4 Å². The summed E-state index contributed by atoms with van der Waals surface area (Å²) in [4.78, 5) is 39.1. The van der Waals surface area contributed by atoms with E-state index in [0.29, 0.717) is 15.7 Å². The second-order valence-corrected chi connectivity index (χ2v) is 6.65. The van der Waals surface area contributed by atoms with Gasteiger partial charge in [0.2, 0.25) is 5.91 Å². The second-order valence-electron chi connectivity index (χ2n) is 5.65. The highest BCUT2D eigenvalue weighted by Gasteiger charge is 2.18. The summed E-state index contributed by atoms with van der Waals surface area (Å²) in [6, 6.07) is 0. The molecule has 0 aromatic carbocycles. The lowest BCUT2D eigenvalue weighted by molar-refractivity contribution is -0.116. The average molecular weight is 343 g/mol. The Morgan fingerprint density at radius 3 is 2.48 bits per heavy atom. The Bertz CT molecular complexity index is 592. The largest absolute Gasteiger partial charge is 0.465 e. The lowest BCUT2D eigenvalue weighted by Crippen LogP contribution is -2.34. The number of carbonyl (C=O) groups excluding carboxylic acids is 3. The molecule has 0 saturated carbocycles. The van der Waals surface area contributed by atoms with Gasteiger partial charge in [-0.3, -0.25) is 4.79 Å². The number of nitrogens with one attached hydrogen (secondary N) is 2. The number of esters is 1. The number of methoxy groups -OCH3 is 1. The highest BCUT2D eigenvalue weighted by Crippen LogP contribution is 2.23. The number of alkyl carbamates (subject to hydrolysis) is 1. The predicted molar refractivity (Wildman–Crippen MR) is 85.7 cm³/mol.